The maximum Gasteiger partial charge on any atom is 0.336 e. The van der Waals surface area contributed by atoms with E-state index in [0.717, 1.165) is 14.7 Å². The number of fused-ring (bicyclic) bond motifs is 4. The Balaban J connectivity index is 0.000000134. The second kappa shape index (κ2) is 9.09. The zero-order valence-corrected chi connectivity index (χ0v) is 19.4. The molecule has 0 radical (unpaired) electrons. The molecule has 4 aromatic rings. The molecule has 0 amide bonds. The number of carboxylic acids is 1. The molecule has 0 atom stereocenters. The van der Waals surface area contributed by atoms with E-state index in [9.17, 15) is 4.79 Å². The van der Waals surface area contributed by atoms with Crippen molar-refractivity contribution < 1.29 is 9.90 Å². The Bertz CT molecular complexity index is 1200. The number of carboxylic acid groups (broad SMARTS) is 1. The topological polar surface area (TPSA) is 37.3 Å². The van der Waals surface area contributed by atoms with Gasteiger partial charge in [0.05, 0.1) is 5.56 Å². The minimum absolute atomic E-state index is 0.384. The first kappa shape index (κ1) is 20.6. The third kappa shape index (κ3) is 4.39. The summed E-state index contributed by atoms with van der Waals surface area (Å²) >= 11 is 6.89. The fraction of sp³-hybridized carbons (Fsp3) is 0. The summed E-state index contributed by atoms with van der Waals surface area (Å²) in [6.07, 6.45) is 0. The number of carbonyl (C=O) groups is 1. The van der Waals surface area contributed by atoms with Crippen LogP contribution >= 0.6 is 47.0 Å². The van der Waals surface area contributed by atoms with Gasteiger partial charge in [-0.15, -0.1) is 0 Å². The van der Waals surface area contributed by atoms with Gasteiger partial charge in [-0.05, 0) is 48.5 Å². The van der Waals surface area contributed by atoms with Crippen LogP contribution in [0.5, 0.6) is 0 Å². The van der Waals surface area contributed by atoms with Gasteiger partial charge >= 0.3 is 5.97 Å². The highest BCUT2D eigenvalue weighted by Gasteiger charge is 2.21. The van der Waals surface area contributed by atoms with Crippen molar-refractivity contribution in [1.82, 2.24) is 0 Å². The van der Waals surface area contributed by atoms with Crippen LogP contribution in [0, 0.1) is 0 Å². The molecule has 4 aromatic carbocycles. The molecule has 152 valence electrons. The summed E-state index contributed by atoms with van der Waals surface area (Å²) in [7, 11) is 0. The molecule has 31 heavy (non-hydrogen) atoms. The largest absolute Gasteiger partial charge is 0.478 e. The lowest BCUT2D eigenvalue weighted by molar-refractivity contribution is 0.0692. The Hall–Kier alpha value is -2.25. The number of rotatable bonds is 1. The van der Waals surface area contributed by atoms with Gasteiger partial charge in [0.15, 0.2) is 0 Å². The van der Waals surface area contributed by atoms with Crippen LogP contribution in [0.3, 0.4) is 0 Å². The number of hydrogen-bond donors (Lipinski definition) is 1. The van der Waals surface area contributed by atoms with Crippen LogP contribution in [0.2, 0.25) is 0 Å². The predicted octanol–water partition coefficient (Wildman–Crippen LogP) is 8.30. The normalized spacial score (nSPS) is 12.9. The first-order valence-corrected chi connectivity index (χ1v) is 12.8. The molecule has 2 nitrogen and oxygen atoms in total. The molecule has 0 saturated heterocycles. The van der Waals surface area contributed by atoms with Gasteiger partial charge in [-0.1, -0.05) is 89.5 Å². The molecular weight excluding hydrogens is 461 g/mol. The molecule has 0 aliphatic carbocycles. The molecule has 2 heterocycles. The minimum atomic E-state index is -0.866. The highest BCUT2D eigenvalue weighted by Crippen LogP contribution is 2.49. The van der Waals surface area contributed by atoms with Crippen molar-refractivity contribution in [2.75, 3.05) is 0 Å². The highest BCUT2D eigenvalue weighted by molar-refractivity contribution is 8.05. The lowest BCUT2D eigenvalue weighted by Gasteiger charge is -2.19. The molecule has 2 aliphatic heterocycles. The average Bonchev–Trinajstić information content (AvgIpc) is 2.81. The number of benzene rings is 4. The molecule has 1 N–H and O–H groups in total. The summed E-state index contributed by atoms with van der Waals surface area (Å²) in [4.78, 5) is 20.8. The summed E-state index contributed by atoms with van der Waals surface area (Å²) in [6, 6.07) is 30.6. The first-order chi connectivity index (χ1) is 15.2. The second-order valence-electron chi connectivity index (χ2n) is 6.69. The maximum atomic E-state index is 11.2. The molecule has 0 aromatic heterocycles. The molecule has 6 rings (SSSR count). The predicted molar refractivity (Wildman–Crippen MR) is 129 cm³/mol. The summed E-state index contributed by atoms with van der Waals surface area (Å²) in [6.45, 7) is 0. The third-order valence-electron chi connectivity index (χ3n) is 4.63. The maximum absolute atomic E-state index is 11.2. The lowest BCUT2D eigenvalue weighted by Crippen LogP contribution is -2.01. The molecule has 0 spiro atoms. The van der Waals surface area contributed by atoms with Crippen molar-refractivity contribution in [3.05, 3.63) is 96.6 Å². The Kier molecular flexibility index (Phi) is 6.05. The van der Waals surface area contributed by atoms with Crippen molar-refractivity contribution in [3.8, 4) is 0 Å². The lowest BCUT2D eigenvalue weighted by atomic mass is 10.2. The second-order valence-corrected chi connectivity index (χ2v) is 11.0. The van der Waals surface area contributed by atoms with E-state index in [2.05, 4.69) is 54.6 Å². The molecule has 0 bridgehead atoms. The first-order valence-electron chi connectivity index (χ1n) is 9.54. The number of hydrogen-bond acceptors (Lipinski definition) is 5. The van der Waals surface area contributed by atoms with E-state index in [0.29, 0.717) is 5.56 Å². The van der Waals surface area contributed by atoms with Gasteiger partial charge in [0.25, 0.3) is 0 Å². The van der Waals surface area contributed by atoms with Gasteiger partial charge in [0.2, 0.25) is 0 Å². The molecule has 0 unspecified atom stereocenters. The van der Waals surface area contributed by atoms with Crippen LogP contribution < -0.4 is 0 Å². The van der Waals surface area contributed by atoms with Gasteiger partial charge in [0, 0.05) is 39.2 Å². The van der Waals surface area contributed by atoms with E-state index in [1.54, 1.807) is 23.9 Å². The SMILES string of the molecule is O=C(O)c1cccc2c1Sc1ccccc1S2.c1ccc2c(c1)Sc1ccccc1S2. The van der Waals surface area contributed by atoms with E-state index in [1.165, 1.54) is 36.2 Å². The summed E-state index contributed by atoms with van der Waals surface area (Å²) in [5.41, 5.74) is 0.384. The fourth-order valence-corrected chi connectivity index (χ4v) is 7.80. The van der Waals surface area contributed by atoms with Crippen molar-refractivity contribution >= 4 is 53.0 Å². The van der Waals surface area contributed by atoms with Crippen LogP contribution in [-0.4, -0.2) is 11.1 Å². The van der Waals surface area contributed by atoms with Gasteiger partial charge < -0.3 is 5.11 Å². The Morgan fingerprint density at radius 3 is 1.26 bits per heavy atom. The fourth-order valence-electron chi connectivity index (χ4n) is 3.19. The van der Waals surface area contributed by atoms with E-state index in [1.807, 2.05) is 47.8 Å². The van der Waals surface area contributed by atoms with Crippen LogP contribution in [-0.2, 0) is 0 Å². The zero-order valence-electron chi connectivity index (χ0n) is 16.1. The summed E-state index contributed by atoms with van der Waals surface area (Å²) < 4.78 is 0. The quantitative estimate of drug-likeness (QED) is 0.257. The molecule has 0 fully saturated rings. The van der Waals surface area contributed by atoms with Crippen LogP contribution in [0.15, 0.2) is 130 Å². The highest BCUT2D eigenvalue weighted by atomic mass is 32.2. The van der Waals surface area contributed by atoms with Gasteiger partial charge in [0.1, 0.15) is 0 Å². The standard InChI is InChI=1S/C13H8O2S2.C12H8S2/c14-13(15)8-4-3-7-11-12(8)17-10-6-2-1-5-9(10)16-11;1-2-6-10-9(5-1)13-11-7-3-4-8-12(11)14-10/h1-7H,(H,14,15);1-8H. The van der Waals surface area contributed by atoms with Crippen LogP contribution in [0.25, 0.3) is 0 Å². The molecular formula is C25H16O2S4. The molecule has 6 heteroatoms. The monoisotopic (exact) mass is 476 g/mol. The smallest absolute Gasteiger partial charge is 0.336 e. The Labute approximate surface area is 197 Å². The zero-order chi connectivity index (χ0) is 21.2. The van der Waals surface area contributed by atoms with E-state index >= 15 is 0 Å². The molecule has 0 saturated carbocycles. The molecule has 2 aliphatic rings. The minimum Gasteiger partial charge on any atom is -0.478 e. The Morgan fingerprint density at radius 1 is 0.484 bits per heavy atom. The van der Waals surface area contributed by atoms with Crippen molar-refractivity contribution in [1.29, 1.82) is 0 Å². The van der Waals surface area contributed by atoms with E-state index in [-0.39, 0.29) is 0 Å². The number of aromatic carboxylic acids is 1. The van der Waals surface area contributed by atoms with Crippen molar-refractivity contribution in [2.24, 2.45) is 0 Å². The Morgan fingerprint density at radius 2 is 0.839 bits per heavy atom. The van der Waals surface area contributed by atoms with Gasteiger partial charge in [-0.3, -0.25) is 0 Å². The third-order valence-corrected chi connectivity index (χ3v) is 9.80. The average molecular weight is 477 g/mol. The van der Waals surface area contributed by atoms with Gasteiger partial charge in [-0.25, -0.2) is 4.79 Å². The van der Waals surface area contributed by atoms with E-state index < -0.39 is 5.97 Å². The van der Waals surface area contributed by atoms with Crippen molar-refractivity contribution in [2.45, 2.75) is 39.2 Å². The van der Waals surface area contributed by atoms with Gasteiger partial charge in [-0.2, -0.15) is 0 Å². The van der Waals surface area contributed by atoms with Crippen LogP contribution in [0.1, 0.15) is 10.4 Å². The van der Waals surface area contributed by atoms with E-state index in [4.69, 9.17) is 5.11 Å². The van der Waals surface area contributed by atoms with Crippen molar-refractivity contribution in [3.63, 3.8) is 0 Å². The van der Waals surface area contributed by atoms with Crippen LogP contribution in [0.4, 0.5) is 0 Å². The summed E-state index contributed by atoms with van der Waals surface area (Å²) in [5.74, 6) is -0.866. The summed E-state index contributed by atoms with van der Waals surface area (Å²) in [5, 5.41) is 9.17.